The summed E-state index contributed by atoms with van der Waals surface area (Å²) in [7, 11) is 0. The molecule has 106 valence electrons. The predicted molar refractivity (Wildman–Crippen MR) is 87.3 cm³/mol. The molecule has 0 saturated carbocycles. The van der Waals surface area contributed by atoms with E-state index < -0.39 is 0 Å². The Labute approximate surface area is 129 Å². The second-order valence-electron chi connectivity index (χ2n) is 4.94. The Morgan fingerprint density at radius 1 is 1.10 bits per heavy atom. The number of nitrogens with two attached hydrogens (primary N) is 1. The molecular weight excluding hydrogens is 314 g/mol. The van der Waals surface area contributed by atoms with Crippen molar-refractivity contribution in [1.29, 1.82) is 0 Å². The van der Waals surface area contributed by atoms with Gasteiger partial charge in [0.05, 0.1) is 0 Å². The fourth-order valence-corrected chi connectivity index (χ4v) is 2.51. The zero-order valence-electron chi connectivity index (χ0n) is 11.9. The first-order chi connectivity index (χ1) is 9.63. The van der Waals surface area contributed by atoms with Gasteiger partial charge in [0.25, 0.3) is 0 Å². The Bertz CT molecular complexity index is 566. The summed E-state index contributed by atoms with van der Waals surface area (Å²) >= 11 is 3.50. The van der Waals surface area contributed by atoms with Crippen LogP contribution >= 0.6 is 15.9 Å². The van der Waals surface area contributed by atoms with Crippen LogP contribution in [0.2, 0.25) is 0 Å². The predicted octanol–water partition coefficient (Wildman–Crippen LogP) is 5.21. The summed E-state index contributed by atoms with van der Waals surface area (Å²) < 4.78 is 6.84. The third-order valence-corrected chi connectivity index (χ3v) is 4.28. The van der Waals surface area contributed by atoms with Crippen molar-refractivity contribution >= 4 is 15.9 Å². The van der Waals surface area contributed by atoms with E-state index in [9.17, 15) is 0 Å². The Morgan fingerprint density at radius 3 is 2.30 bits per heavy atom. The van der Waals surface area contributed by atoms with E-state index in [1.807, 2.05) is 30.3 Å². The Hall–Kier alpha value is -1.32. The quantitative estimate of drug-likeness (QED) is 0.814. The summed E-state index contributed by atoms with van der Waals surface area (Å²) in [5.74, 6) is 2.25. The monoisotopic (exact) mass is 333 g/mol. The minimum atomic E-state index is 0.518. The van der Waals surface area contributed by atoms with Crippen molar-refractivity contribution in [2.45, 2.75) is 32.7 Å². The van der Waals surface area contributed by atoms with Gasteiger partial charge in [0.2, 0.25) is 0 Å². The highest BCUT2D eigenvalue weighted by Gasteiger charge is 2.05. The van der Waals surface area contributed by atoms with E-state index in [0.29, 0.717) is 12.5 Å². The van der Waals surface area contributed by atoms with Crippen LogP contribution < -0.4 is 10.5 Å². The maximum Gasteiger partial charge on any atom is 0.128 e. The molecule has 0 fully saturated rings. The van der Waals surface area contributed by atoms with Crippen molar-refractivity contribution in [3.05, 3.63) is 58.1 Å². The van der Waals surface area contributed by atoms with Crippen molar-refractivity contribution in [2.24, 2.45) is 5.73 Å². The highest BCUT2D eigenvalue weighted by atomic mass is 79.9. The van der Waals surface area contributed by atoms with Crippen LogP contribution in [0.25, 0.3) is 0 Å². The van der Waals surface area contributed by atoms with E-state index in [-0.39, 0.29) is 0 Å². The molecule has 0 aromatic heterocycles. The van der Waals surface area contributed by atoms with Crippen molar-refractivity contribution < 1.29 is 4.74 Å². The molecule has 0 aliphatic rings. The summed E-state index contributed by atoms with van der Waals surface area (Å²) in [6, 6.07) is 14.2. The van der Waals surface area contributed by atoms with Gasteiger partial charge in [-0.05, 0) is 47.7 Å². The van der Waals surface area contributed by atoms with Gasteiger partial charge in [-0.3, -0.25) is 0 Å². The molecule has 2 aromatic carbocycles. The summed E-state index contributed by atoms with van der Waals surface area (Å²) in [5, 5.41) is 0. The van der Waals surface area contributed by atoms with E-state index in [1.54, 1.807) is 0 Å². The maximum atomic E-state index is 5.86. The molecule has 0 aliphatic carbocycles. The van der Waals surface area contributed by atoms with Crippen molar-refractivity contribution in [3.63, 3.8) is 0 Å². The first-order valence-corrected chi connectivity index (χ1v) is 7.69. The second kappa shape index (κ2) is 6.91. The van der Waals surface area contributed by atoms with E-state index >= 15 is 0 Å². The Kier molecular flexibility index (Phi) is 5.21. The van der Waals surface area contributed by atoms with Crippen molar-refractivity contribution in [2.75, 3.05) is 0 Å². The van der Waals surface area contributed by atoms with Crippen LogP contribution in [-0.4, -0.2) is 0 Å². The fraction of sp³-hybridized carbons (Fsp3) is 0.294. The van der Waals surface area contributed by atoms with Crippen molar-refractivity contribution in [1.82, 2.24) is 0 Å². The summed E-state index contributed by atoms with van der Waals surface area (Å²) in [6.07, 6.45) is 1.15. The van der Waals surface area contributed by atoms with Gasteiger partial charge in [-0.1, -0.05) is 48.0 Å². The zero-order valence-corrected chi connectivity index (χ0v) is 13.5. The Balaban J connectivity index is 2.12. The minimum Gasteiger partial charge on any atom is -0.457 e. The molecular formula is C17H20BrNO. The molecule has 20 heavy (non-hydrogen) atoms. The molecule has 0 heterocycles. The van der Waals surface area contributed by atoms with Gasteiger partial charge in [0.1, 0.15) is 11.5 Å². The average molecular weight is 334 g/mol. The largest absolute Gasteiger partial charge is 0.457 e. The lowest BCUT2D eigenvalue weighted by atomic mass is 9.99. The molecule has 3 heteroatoms. The molecule has 2 aromatic rings. The van der Waals surface area contributed by atoms with Crippen LogP contribution in [0.5, 0.6) is 11.5 Å². The average Bonchev–Trinajstić information content (AvgIpc) is 2.47. The van der Waals surface area contributed by atoms with Crippen LogP contribution in [0.3, 0.4) is 0 Å². The topological polar surface area (TPSA) is 35.2 Å². The Morgan fingerprint density at radius 2 is 1.75 bits per heavy atom. The van der Waals surface area contributed by atoms with Gasteiger partial charge in [0, 0.05) is 11.0 Å². The lowest BCUT2D eigenvalue weighted by molar-refractivity contribution is 0.481. The van der Waals surface area contributed by atoms with Gasteiger partial charge in [0.15, 0.2) is 0 Å². The number of hydrogen-bond acceptors (Lipinski definition) is 2. The van der Waals surface area contributed by atoms with E-state index in [2.05, 4.69) is 41.9 Å². The van der Waals surface area contributed by atoms with Gasteiger partial charge in [-0.2, -0.15) is 0 Å². The summed E-state index contributed by atoms with van der Waals surface area (Å²) in [5.41, 5.74) is 8.06. The number of benzene rings is 2. The smallest absolute Gasteiger partial charge is 0.128 e. The standard InChI is InChI=1S/C17H20BrNO/c1-3-12(2)13-4-7-15(8-5-13)20-16-9-6-14(11-19)17(18)10-16/h4-10,12H,3,11,19H2,1-2H3. The van der Waals surface area contributed by atoms with E-state index in [0.717, 1.165) is 28.0 Å². The SMILES string of the molecule is CCC(C)c1ccc(Oc2ccc(CN)c(Br)c2)cc1. The summed E-state index contributed by atoms with van der Waals surface area (Å²) in [6.45, 7) is 4.95. The van der Waals surface area contributed by atoms with Gasteiger partial charge in [-0.25, -0.2) is 0 Å². The van der Waals surface area contributed by atoms with Crippen LogP contribution in [0.15, 0.2) is 46.9 Å². The number of ether oxygens (including phenoxy) is 1. The van der Waals surface area contributed by atoms with Gasteiger partial charge < -0.3 is 10.5 Å². The second-order valence-corrected chi connectivity index (χ2v) is 5.79. The molecule has 2 N–H and O–H groups in total. The normalized spacial score (nSPS) is 12.2. The first kappa shape index (κ1) is 15.1. The van der Waals surface area contributed by atoms with Crippen molar-refractivity contribution in [3.8, 4) is 11.5 Å². The van der Waals surface area contributed by atoms with Crippen LogP contribution in [-0.2, 0) is 6.54 Å². The molecule has 2 rings (SSSR count). The molecule has 1 atom stereocenters. The maximum absolute atomic E-state index is 5.86. The number of halogens is 1. The fourth-order valence-electron chi connectivity index (χ4n) is 1.99. The molecule has 0 amide bonds. The van der Waals surface area contributed by atoms with E-state index in [4.69, 9.17) is 10.5 Å². The number of hydrogen-bond donors (Lipinski definition) is 1. The highest BCUT2D eigenvalue weighted by molar-refractivity contribution is 9.10. The molecule has 0 spiro atoms. The van der Waals surface area contributed by atoms with Crippen LogP contribution in [0.4, 0.5) is 0 Å². The third kappa shape index (κ3) is 3.62. The van der Waals surface area contributed by atoms with Crippen LogP contribution in [0, 0.1) is 0 Å². The van der Waals surface area contributed by atoms with Gasteiger partial charge >= 0.3 is 0 Å². The molecule has 0 aliphatic heterocycles. The van der Waals surface area contributed by atoms with E-state index in [1.165, 1.54) is 5.56 Å². The lowest BCUT2D eigenvalue weighted by Crippen LogP contribution is -1.97. The molecule has 1 unspecified atom stereocenters. The minimum absolute atomic E-state index is 0.518. The molecule has 0 radical (unpaired) electrons. The number of rotatable bonds is 5. The molecule has 2 nitrogen and oxygen atoms in total. The molecule has 0 bridgehead atoms. The highest BCUT2D eigenvalue weighted by Crippen LogP contribution is 2.28. The third-order valence-electron chi connectivity index (χ3n) is 3.54. The lowest BCUT2D eigenvalue weighted by Gasteiger charge is -2.11. The first-order valence-electron chi connectivity index (χ1n) is 6.90. The summed E-state index contributed by atoms with van der Waals surface area (Å²) in [4.78, 5) is 0. The molecule has 0 saturated heterocycles. The zero-order chi connectivity index (χ0) is 14.5. The van der Waals surface area contributed by atoms with Gasteiger partial charge in [-0.15, -0.1) is 0 Å². The van der Waals surface area contributed by atoms with Crippen LogP contribution in [0.1, 0.15) is 37.3 Å².